The summed E-state index contributed by atoms with van der Waals surface area (Å²) in [6, 6.07) is 0.252. The van der Waals surface area contributed by atoms with Gasteiger partial charge in [0.2, 0.25) is 11.8 Å². The Labute approximate surface area is 125 Å². The van der Waals surface area contributed by atoms with Crippen LogP contribution in [0.1, 0.15) is 32.1 Å². The second kappa shape index (κ2) is 6.75. The molecule has 1 N–H and O–H groups in total. The van der Waals surface area contributed by atoms with Crippen molar-refractivity contribution in [3.05, 3.63) is 0 Å². The lowest BCUT2D eigenvalue weighted by Gasteiger charge is -2.31. The maximum atomic E-state index is 12.2. The van der Waals surface area contributed by atoms with Gasteiger partial charge in [-0.05, 0) is 25.7 Å². The number of rotatable bonds is 4. The molecule has 2 atom stereocenters. The molecule has 0 aliphatic carbocycles. The Morgan fingerprint density at radius 1 is 1.24 bits per heavy atom. The number of nitrogens with zero attached hydrogens (tertiary/aromatic N) is 1. The SMILES string of the molecule is O=C(NC[C@@H]1CCCO1)[C@@H]1CC(=O)N(C2CCOCC2)C1. The topological polar surface area (TPSA) is 67.9 Å². The highest BCUT2D eigenvalue weighted by Gasteiger charge is 2.38. The zero-order chi connectivity index (χ0) is 14.7. The fraction of sp³-hybridized carbons (Fsp3) is 0.867. The first-order valence-corrected chi connectivity index (χ1v) is 8.00. The Balaban J connectivity index is 1.47. The normalized spacial score (nSPS) is 30.9. The molecule has 0 bridgehead atoms. The van der Waals surface area contributed by atoms with Gasteiger partial charge in [-0.1, -0.05) is 0 Å². The zero-order valence-corrected chi connectivity index (χ0v) is 12.4. The molecule has 118 valence electrons. The van der Waals surface area contributed by atoms with Crippen LogP contribution in [0.2, 0.25) is 0 Å². The van der Waals surface area contributed by atoms with E-state index in [-0.39, 0.29) is 29.9 Å². The Morgan fingerprint density at radius 2 is 2.05 bits per heavy atom. The highest BCUT2D eigenvalue weighted by atomic mass is 16.5. The zero-order valence-electron chi connectivity index (χ0n) is 12.4. The van der Waals surface area contributed by atoms with Gasteiger partial charge in [0.1, 0.15) is 0 Å². The minimum Gasteiger partial charge on any atom is -0.381 e. The van der Waals surface area contributed by atoms with Crippen molar-refractivity contribution in [1.29, 1.82) is 0 Å². The molecule has 3 aliphatic rings. The van der Waals surface area contributed by atoms with E-state index in [0.717, 1.165) is 32.3 Å². The van der Waals surface area contributed by atoms with Crippen molar-refractivity contribution < 1.29 is 19.1 Å². The van der Waals surface area contributed by atoms with Gasteiger partial charge in [0.15, 0.2) is 0 Å². The van der Waals surface area contributed by atoms with Gasteiger partial charge in [-0.2, -0.15) is 0 Å². The smallest absolute Gasteiger partial charge is 0.225 e. The van der Waals surface area contributed by atoms with E-state index in [0.29, 0.717) is 32.7 Å². The number of hydrogen-bond donors (Lipinski definition) is 1. The van der Waals surface area contributed by atoms with Crippen LogP contribution in [0, 0.1) is 5.92 Å². The number of carbonyl (C=O) groups is 2. The van der Waals surface area contributed by atoms with Crippen LogP contribution in [-0.4, -0.2) is 61.8 Å². The van der Waals surface area contributed by atoms with Crippen molar-refractivity contribution >= 4 is 11.8 Å². The summed E-state index contributed by atoms with van der Waals surface area (Å²) in [6.45, 7) is 3.34. The number of hydrogen-bond acceptors (Lipinski definition) is 4. The molecule has 0 unspecified atom stereocenters. The van der Waals surface area contributed by atoms with Crippen molar-refractivity contribution in [1.82, 2.24) is 10.2 Å². The van der Waals surface area contributed by atoms with E-state index in [9.17, 15) is 9.59 Å². The number of ether oxygens (including phenoxy) is 2. The van der Waals surface area contributed by atoms with Crippen molar-refractivity contribution in [3.63, 3.8) is 0 Å². The van der Waals surface area contributed by atoms with E-state index in [2.05, 4.69) is 5.32 Å². The van der Waals surface area contributed by atoms with Gasteiger partial charge in [-0.15, -0.1) is 0 Å². The molecule has 3 fully saturated rings. The summed E-state index contributed by atoms with van der Waals surface area (Å²) in [5.41, 5.74) is 0. The molecule has 3 saturated heterocycles. The first-order chi connectivity index (χ1) is 10.2. The number of amides is 2. The molecule has 2 amide bonds. The standard InChI is InChI=1S/C15H24N2O4/c18-14-8-11(10-17(14)12-3-6-20-7-4-12)15(19)16-9-13-2-1-5-21-13/h11-13H,1-10H2,(H,16,19)/t11-,13+/m1/s1. The minimum absolute atomic E-state index is 0.00610. The maximum absolute atomic E-state index is 12.2. The molecule has 0 saturated carbocycles. The molecule has 3 rings (SSSR count). The van der Waals surface area contributed by atoms with E-state index < -0.39 is 0 Å². The predicted octanol–water partition coefficient (Wildman–Crippen LogP) is 0.309. The van der Waals surface area contributed by atoms with Crippen molar-refractivity contribution in [2.45, 2.75) is 44.2 Å². The first-order valence-electron chi connectivity index (χ1n) is 8.00. The van der Waals surface area contributed by atoms with Crippen LogP contribution in [0.25, 0.3) is 0 Å². The molecular weight excluding hydrogens is 272 g/mol. The predicted molar refractivity (Wildman–Crippen MR) is 75.6 cm³/mol. The Morgan fingerprint density at radius 3 is 2.76 bits per heavy atom. The number of carbonyl (C=O) groups excluding carboxylic acids is 2. The summed E-state index contributed by atoms with van der Waals surface area (Å²) in [4.78, 5) is 26.2. The van der Waals surface area contributed by atoms with Gasteiger partial charge in [-0.3, -0.25) is 9.59 Å². The third-order valence-corrected chi connectivity index (χ3v) is 4.69. The van der Waals surface area contributed by atoms with Crippen LogP contribution >= 0.6 is 0 Å². The average Bonchev–Trinajstić information content (AvgIpc) is 3.15. The highest BCUT2D eigenvalue weighted by Crippen LogP contribution is 2.25. The average molecular weight is 296 g/mol. The fourth-order valence-electron chi connectivity index (χ4n) is 3.42. The van der Waals surface area contributed by atoms with Crippen LogP contribution < -0.4 is 5.32 Å². The van der Waals surface area contributed by atoms with Gasteiger partial charge in [-0.25, -0.2) is 0 Å². The molecule has 0 spiro atoms. The summed E-state index contributed by atoms with van der Waals surface area (Å²) >= 11 is 0. The third-order valence-electron chi connectivity index (χ3n) is 4.69. The quantitative estimate of drug-likeness (QED) is 0.811. The maximum Gasteiger partial charge on any atom is 0.225 e. The van der Waals surface area contributed by atoms with E-state index >= 15 is 0 Å². The van der Waals surface area contributed by atoms with Gasteiger partial charge >= 0.3 is 0 Å². The van der Waals surface area contributed by atoms with E-state index in [1.54, 1.807) is 0 Å². The summed E-state index contributed by atoms with van der Waals surface area (Å²) < 4.78 is 10.8. The van der Waals surface area contributed by atoms with Crippen LogP contribution in [0.5, 0.6) is 0 Å². The molecule has 6 nitrogen and oxygen atoms in total. The lowest BCUT2D eigenvalue weighted by atomic mass is 10.1. The monoisotopic (exact) mass is 296 g/mol. The molecule has 0 aromatic heterocycles. The van der Waals surface area contributed by atoms with Crippen LogP contribution in [0.4, 0.5) is 0 Å². The van der Waals surface area contributed by atoms with Gasteiger partial charge in [0.25, 0.3) is 0 Å². The van der Waals surface area contributed by atoms with Gasteiger partial charge in [0.05, 0.1) is 12.0 Å². The van der Waals surface area contributed by atoms with Crippen LogP contribution in [0.15, 0.2) is 0 Å². The molecule has 3 aliphatic heterocycles. The second-order valence-corrected chi connectivity index (χ2v) is 6.17. The van der Waals surface area contributed by atoms with Crippen LogP contribution in [-0.2, 0) is 19.1 Å². The van der Waals surface area contributed by atoms with Gasteiger partial charge in [0, 0.05) is 45.4 Å². The molecule has 6 heteroatoms. The third kappa shape index (κ3) is 3.55. The molecule has 21 heavy (non-hydrogen) atoms. The lowest BCUT2D eigenvalue weighted by molar-refractivity contribution is -0.131. The highest BCUT2D eigenvalue weighted by molar-refractivity contribution is 5.89. The molecule has 3 heterocycles. The minimum atomic E-state index is -0.207. The lowest BCUT2D eigenvalue weighted by Crippen LogP contribution is -2.42. The largest absolute Gasteiger partial charge is 0.381 e. The molecule has 0 radical (unpaired) electrons. The van der Waals surface area contributed by atoms with E-state index in [1.807, 2.05) is 4.90 Å². The Bertz CT molecular complexity index is 389. The number of likely N-dealkylation sites (tertiary alicyclic amines) is 1. The summed E-state index contributed by atoms with van der Waals surface area (Å²) in [6.07, 6.45) is 4.34. The van der Waals surface area contributed by atoms with E-state index in [1.165, 1.54) is 0 Å². The molecule has 0 aromatic carbocycles. The summed E-state index contributed by atoms with van der Waals surface area (Å²) in [5, 5.41) is 2.94. The second-order valence-electron chi connectivity index (χ2n) is 6.17. The summed E-state index contributed by atoms with van der Waals surface area (Å²) in [5.74, 6) is -0.102. The fourth-order valence-corrected chi connectivity index (χ4v) is 3.42. The van der Waals surface area contributed by atoms with Crippen molar-refractivity contribution in [2.24, 2.45) is 5.92 Å². The van der Waals surface area contributed by atoms with Crippen molar-refractivity contribution in [2.75, 3.05) is 32.9 Å². The van der Waals surface area contributed by atoms with Gasteiger partial charge < -0.3 is 19.7 Å². The van der Waals surface area contributed by atoms with Crippen molar-refractivity contribution in [3.8, 4) is 0 Å². The summed E-state index contributed by atoms with van der Waals surface area (Å²) in [7, 11) is 0. The van der Waals surface area contributed by atoms with Crippen LogP contribution in [0.3, 0.4) is 0 Å². The molecule has 0 aromatic rings. The Hall–Kier alpha value is -1.14. The van der Waals surface area contributed by atoms with E-state index in [4.69, 9.17) is 9.47 Å². The first kappa shape index (κ1) is 14.8. The molecular formula is C15H24N2O4. The Kier molecular flexibility index (Phi) is 4.75. The number of nitrogens with one attached hydrogen (secondary N) is 1.